The van der Waals surface area contributed by atoms with Crippen LogP contribution < -0.4 is 5.32 Å². The predicted molar refractivity (Wildman–Crippen MR) is 201 cm³/mol. The molecule has 276 valence electrons. The van der Waals surface area contributed by atoms with Crippen LogP contribution in [-0.4, -0.2) is 57.8 Å². The van der Waals surface area contributed by atoms with Crippen LogP contribution in [0.4, 0.5) is 0 Å². The van der Waals surface area contributed by atoms with E-state index >= 15 is 0 Å². The summed E-state index contributed by atoms with van der Waals surface area (Å²) in [5.41, 5.74) is 6.62. The van der Waals surface area contributed by atoms with Gasteiger partial charge in [-0.05, 0) is 72.3 Å². The molecule has 5 atom stereocenters. The third-order valence-electron chi connectivity index (χ3n) is 9.85. The maximum Gasteiger partial charge on any atom is 0.303 e. The molecular weight excluding hydrogens is 656 g/mol. The molecule has 0 aromatic heterocycles. The Kier molecular flexibility index (Phi) is 14.5. The molecule has 0 aliphatic carbocycles. The molecule has 1 aliphatic rings. The van der Waals surface area contributed by atoms with Crippen molar-refractivity contribution in [1.82, 2.24) is 10.2 Å². The Morgan fingerprint density at radius 1 is 0.808 bits per heavy atom. The molecule has 1 aliphatic heterocycles. The maximum absolute atomic E-state index is 12.5. The molecule has 4 aromatic carbocycles. The van der Waals surface area contributed by atoms with Crippen LogP contribution in [0.1, 0.15) is 98.2 Å². The van der Waals surface area contributed by atoms with E-state index in [9.17, 15) is 19.8 Å². The van der Waals surface area contributed by atoms with Crippen LogP contribution in [0.5, 0.6) is 0 Å². The summed E-state index contributed by atoms with van der Waals surface area (Å²) in [5, 5.41) is 32.5. The first kappa shape index (κ1) is 38.8. The van der Waals surface area contributed by atoms with Crippen molar-refractivity contribution in [3.05, 3.63) is 131 Å². The minimum absolute atomic E-state index is 0.0121. The Morgan fingerprint density at radius 2 is 1.50 bits per heavy atom. The molecule has 4 N–H and O–H groups in total. The first-order chi connectivity index (χ1) is 25.2. The molecule has 1 heterocycles. The van der Waals surface area contributed by atoms with E-state index in [-0.39, 0.29) is 37.2 Å². The highest BCUT2D eigenvalue weighted by molar-refractivity contribution is 5.76. The smallest absolute Gasteiger partial charge is 0.303 e. The second-order valence-corrected chi connectivity index (χ2v) is 13.8. The number of likely N-dealkylation sites (N-methyl/N-ethyl adjacent to an activating group) is 1. The number of rotatable bonds is 18. The van der Waals surface area contributed by atoms with Crippen LogP contribution in [0.2, 0.25) is 0 Å². The summed E-state index contributed by atoms with van der Waals surface area (Å²) in [6, 6.07) is 33.7. The summed E-state index contributed by atoms with van der Waals surface area (Å²) in [4.78, 5) is 25.3. The number of amides is 1. The molecule has 0 bridgehead atoms. The van der Waals surface area contributed by atoms with E-state index in [1.54, 1.807) is 0 Å². The molecule has 0 spiro atoms. The van der Waals surface area contributed by atoms with Gasteiger partial charge in [0.05, 0.1) is 24.9 Å². The fraction of sp³-hybridized carbons (Fsp3) is 0.395. The van der Waals surface area contributed by atoms with E-state index in [4.69, 9.17) is 14.6 Å². The fourth-order valence-electron chi connectivity index (χ4n) is 6.62. The minimum Gasteiger partial charge on any atom is -0.481 e. The van der Waals surface area contributed by atoms with Crippen molar-refractivity contribution in [1.29, 1.82) is 0 Å². The summed E-state index contributed by atoms with van der Waals surface area (Å²) in [5.74, 6) is -0.793. The zero-order valence-electron chi connectivity index (χ0n) is 30.2. The van der Waals surface area contributed by atoms with E-state index < -0.39 is 18.4 Å². The van der Waals surface area contributed by atoms with Gasteiger partial charge in [-0.1, -0.05) is 104 Å². The third kappa shape index (κ3) is 11.3. The van der Waals surface area contributed by atoms with Gasteiger partial charge in [-0.15, -0.1) is 0 Å². The van der Waals surface area contributed by atoms with Crippen LogP contribution >= 0.6 is 0 Å². The molecule has 9 heteroatoms. The van der Waals surface area contributed by atoms with E-state index in [0.29, 0.717) is 32.4 Å². The van der Waals surface area contributed by atoms with Gasteiger partial charge in [-0.2, -0.15) is 0 Å². The van der Waals surface area contributed by atoms with Crippen molar-refractivity contribution in [2.24, 2.45) is 0 Å². The number of nitrogens with zero attached hydrogens (tertiary/aromatic N) is 1. The van der Waals surface area contributed by atoms with Crippen LogP contribution in [0.25, 0.3) is 11.1 Å². The maximum atomic E-state index is 12.5. The number of hydrogen-bond acceptors (Lipinski definition) is 7. The van der Waals surface area contributed by atoms with Crippen molar-refractivity contribution in [3.8, 4) is 11.1 Å². The first-order valence-corrected chi connectivity index (χ1v) is 18.3. The van der Waals surface area contributed by atoms with Crippen LogP contribution in [0.3, 0.4) is 0 Å². The molecule has 4 aromatic rings. The normalized spacial score (nSPS) is 18.5. The van der Waals surface area contributed by atoms with Crippen LogP contribution in [0.15, 0.2) is 103 Å². The molecule has 9 nitrogen and oxygen atoms in total. The van der Waals surface area contributed by atoms with Gasteiger partial charge in [0.15, 0.2) is 6.29 Å². The van der Waals surface area contributed by atoms with Gasteiger partial charge >= 0.3 is 5.97 Å². The average molecular weight is 709 g/mol. The highest BCUT2D eigenvalue weighted by Gasteiger charge is 2.34. The number of unbranched alkanes of at least 4 members (excludes halogenated alkanes) is 3. The van der Waals surface area contributed by atoms with E-state index in [1.165, 1.54) is 0 Å². The van der Waals surface area contributed by atoms with E-state index in [0.717, 1.165) is 58.2 Å². The molecule has 1 fully saturated rings. The summed E-state index contributed by atoms with van der Waals surface area (Å²) >= 11 is 0. The average Bonchev–Trinajstić information content (AvgIpc) is 3.18. The number of aliphatic hydroxyl groups is 2. The lowest BCUT2D eigenvalue weighted by atomic mass is 9.97. The molecule has 5 rings (SSSR count). The number of hydrogen-bond donors (Lipinski definition) is 4. The number of carboxylic acid groups (broad SMARTS) is 1. The number of carbonyl (C=O) groups excluding carboxylic acids is 1. The molecule has 0 unspecified atom stereocenters. The number of aliphatic hydroxyl groups excluding tert-OH is 2. The fourth-order valence-corrected chi connectivity index (χ4v) is 6.62. The van der Waals surface area contributed by atoms with Gasteiger partial charge < -0.3 is 30.1 Å². The summed E-state index contributed by atoms with van der Waals surface area (Å²) in [7, 11) is 2.01. The zero-order chi connectivity index (χ0) is 36.9. The van der Waals surface area contributed by atoms with Crippen molar-refractivity contribution in [3.63, 3.8) is 0 Å². The third-order valence-corrected chi connectivity index (χ3v) is 9.85. The van der Waals surface area contributed by atoms with Gasteiger partial charge in [0.1, 0.15) is 0 Å². The Balaban J connectivity index is 1.26. The highest BCUT2D eigenvalue weighted by atomic mass is 16.7. The number of carboxylic acids is 1. The van der Waals surface area contributed by atoms with Gasteiger partial charge in [-0.25, -0.2) is 0 Å². The lowest BCUT2D eigenvalue weighted by Crippen LogP contribution is -2.43. The van der Waals surface area contributed by atoms with Crippen molar-refractivity contribution in [2.45, 2.75) is 95.7 Å². The van der Waals surface area contributed by atoms with Crippen molar-refractivity contribution < 1.29 is 34.4 Å². The number of carbonyl (C=O) groups is 2. The SMILES string of the molecule is C[C@@H]([C@H](O)c1ccccc1)N(C)C[C@H]1C[C@@H](c2ccc(CO)cc2)O[C@@H](c2cccc(-c3cccc(CNC(=O)CCCCCCC(=O)O)c3)c2)O1. The second-order valence-electron chi connectivity index (χ2n) is 13.8. The standard InChI is InChI=1S/C43H52N2O7/c1-30(42(50)34-13-6-5-7-14-34)45(2)28-38-26-39(33-22-20-31(29-46)21-23-33)52-43(51-38)37-17-11-16-36(25-37)35-15-10-12-32(24-35)27-44-40(47)18-8-3-4-9-19-41(48)49/h5-7,10-17,20-25,30,38-39,42-43,46,50H,3-4,8-9,18-19,26-29H2,1-2H3,(H,44,47)(H,48,49)/t30-,38+,39-,42-,43-/m0/s1. The van der Waals surface area contributed by atoms with Gasteiger partial charge in [0.25, 0.3) is 0 Å². The second kappa shape index (κ2) is 19.5. The highest BCUT2D eigenvalue weighted by Crippen LogP contribution is 2.39. The number of nitrogens with one attached hydrogen (secondary N) is 1. The predicted octanol–water partition coefficient (Wildman–Crippen LogP) is 7.49. The Bertz CT molecular complexity index is 1710. The van der Waals surface area contributed by atoms with Gasteiger partial charge in [0.2, 0.25) is 5.91 Å². The summed E-state index contributed by atoms with van der Waals surface area (Å²) < 4.78 is 13.3. The number of benzene rings is 4. The minimum atomic E-state index is -0.781. The summed E-state index contributed by atoms with van der Waals surface area (Å²) in [6.45, 7) is 3.01. The first-order valence-electron chi connectivity index (χ1n) is 18.3. The Labute approximate surface area is 307 Å². The molecule has 0 radical (unpaired) electrons. The molecule has 1 saturated heterocycles. The van der Waals surface area contributed by atoms with Crippen LogP contribution in [0, 0.1) is 0 Å². The van der Waals surface area contributed by atoms with Gasteiger partial charge in [-0.3, -0.25) is 14.5 Å². The topological polar surface area (TPSA) is 129 Å². The molecule has 1 amide bonds. The Morgan fingerprint density at radius 3 is 2.21 bits per heavy atom. The largest absolute Gasteiger partial charge is 0.481 e. The Hall–Kier alpha value is -4.38. The van der Waals surface area contributed by atoms with Crippen LogP contribution in [-0.2, 0) is 32.2 Å². The summed E-state index contributed by atoms with van der Waals surface area (Å²) in [6.07, 6.45) is 2.56. The number of aliphatic carboxylic acids is 1. The number of ether oxygens (including phenoxy) is 2. The lowest BCUT2D eigenvalue weighted by Gasteiger charge is -2.39. The van der Waals surface area contributed by atoms with E-state index in [1.807, 2.05) is 98.9 Å². The monoisotopic (exact) mass is 708 g/mol. The molecule has 52 heavy (non-hydrogen) atoms. The van der Waals surface area contributed by atoms with Crippen molar-refractivity contribution >= 4 is 11.9 Å². The van der Waals surface area contributed by atoms with Crippen molar-refractivity contribution in [2.75, 3.05) is 13.6 Å². The van der Waals surface area contributed by atoms with Gasteiger partial charge in [0, 0.05) is 44.0 Å². The van der Waals surface area contributed by atoms with E-state index in [2.05, 4.69) is 28.4 Å². The quantitative estimate of drug-likeness (QED) is 0.0784. The zero-order valence-corrected chi connectivity index (χ0v) is 30.2. The molecular formula is C43H52N2O7. The lowest BCUT2D eigenvalue weighted by molar-refractivity contribution is -0.253. The molecule has 0 saturated carbocycles.